The minimum Gasteiger partial charge on any atom is -0.434 e. The van der Waals surface area contributed by atoms with E-state index in [1.54, 1.807) is 12.1 Å². The third kappa shape index (κ3) is 8.31. The van der Waals surface area contributed by atoms with Crippen molar-refractivity contribution in [2.24, 2.45) is 0 Å². The highest BCUT2D eigenvalue weighted by Crippen LogP contribution is 2.24. The molecule has 1 rings (SSSR count). The lowest BCUT2D eigenvalue weighted by molar-refractivity contribution is -0.0505. The average molecular weight is 367 g/mol. The summed E-state index contributed by atoms with van der Waals surface area (Å²) in [6.07, 6.45) is 0. The number of hydrogen-bond acceptors (Lipinski definition) is 4. The smallest absolute Gasteiger partial charge is 0.387 e. The van der Waals surface area contributed by atoms with Crippen LogP contribution in [0.2, 0.25) is 0 Å². The summed E-state index contributed by atoms with van der Waals surface area (Å²) in [6.45, 7) is 0.391. The number of rotatable bonds is 10. The van der Waals surface area contributed by atoms with E-state index in [4.69, 9.17) is 4.74 Å². The molecular formula is C14H21BrF2N2O2. The van der Waals surface area contributed by atoms with Crippen LogP contribution in [-0.4, -0.2) is 51.9 Å². The van der Waals surface area contributed by atoms with Gasteiger partial charge < -0.3 is 19.7 Å². The van der Waals surface area contributed by atoms with Gasteiger partial charge in [0.25, 0.3) is 0 Å². The molecule has 0 atom stereocenters. The number of halogens is 3. The average Bonchev–Trinajstić information content (AvgIpc) is 2.39. The first-order chi connectivity index (χ1) is 9.99. The molecule has 0 radical (unpaired) electrons. The lowest BCUT2D eigenvalue weighted by Gasteiger charge is -2.13. The van der Waals surface area contributed by atoms with E-state index in [0.29, 0.717) is 31.9 Å². The van der Waals surface area contributed by atoms with Gasteiger partial charge in [-0.05, 0) is 32.3 Å². The molecule has 0 saturated heterocycles. The van der Waals surface area contributed by atoms with Crippen LogP contribution in [0.15, 0.2) is 22.7 Å². The highest BCUT2D eigenvalue weighted by atomic mass is 79.9. The summed E-state index contributed by atoms with van der Waals surface area (Å²) >= 11 is 3.32. The van der Waals surface area contributed by atoms with Crippen molar-refractivity contribution < 1.29 is 18.3 Å². The van der Waals surface area contributed by atoms with E-state index in [1.165, 1.54) is 6.07 Å². The molecule has 120 valence electrons. The Hall–Kier alpha value is -0.760. The van der Waals surface area contributed by atoms with E-state index < -0.39 is 6.61 Å². The van der Waals surface area contributed by atoms with E-state index >= 15 is 0 Å². The summed E-state index contributed by atoms with van der Waals surface area (Å²) < 4.78 is 35.4. The number of nitrogens with zero attached hydrogens (tertiary/aromatic N) is 1. The molecule has 0 aliphatic carbocycles. The van der Waals surface area contributed by atoms with Gasteiger partial charge in [0, 0.05) is 29.7 Å². The number of hydrogen-bond donors (Lipinski definition) is 1. The summed E-state index contributed by atoms with van der Waals surface area (Å²) in [5.74, 6) is 0.189. The normalized spacial score (nSPS) is 11.4. The van der Waals surface area contributed by atoms with Crippen LogP contribution < -0.4 is 10.1 Å². The van der Waals surface area contributed by atoms with Gasteiger partial charge in [-0.15, -0.1) is 0 Å². The van der Waals surface area contributed by atoms with Crippen LogP contribution in [0.5, 0.6) is 5.75 Å². The van der Waals surface area contributed by atoms with Crippen molar-refractivity contribution in [3.05, 3.63) is 28.2 Å². The Kier molecular flexibility index (Phi) is 8.75. The van der Waals surface area contributed by atoms with Crippen LogP contribution in [0.3, 0.4) is 0 Å². The highest BCUT2D eigenvalue weighted by Gasteiger charge is 2.09. The molecule has 0 aliphatic rings. The van der Waals surface area contributed by atoms with E-state index in [2.05, 4.69) is 26.0 Å². The minimum atomic E-state index is -2.82. The first-order valence-corrected chi connectivity index (χ1v) is 7.44. The monoisotopic (exact) mass is 366 g/mol. The van der Waals surface area contributed by atoms with Gasteiger partial charge in [0.15, 0.2) is 0 Å². The predicted octanol–water partition coefficient (Wildman–Crippen LogP) is 2.72. The maximum atomic E-state index is 12.3. The maximum Gasteiger partial charge on any atom is 0.387 e. The molecule has 0 spiro atoms. The van der Waals surface area contributed by atoms with Crippen molar-refractivity contribution in [1.82, 2.24) is 10.2 Å². The molecule has 1 aromatic rings. The maximum absolute atomic E-state index is 12.3. The fourth-order valence-electron chi connectivity index (χ4n) is 1.61. The third-order valence-corrected chi connectivity index (χ3v) is 3.15. The van der Waals surface area contributed by atoms with Gasteiger partial charge in [-0.1, -0.05) is 15.9 Å². The third-order valence-electron chi connectivity index (χ3n) is 2.66. The van der Waals surface area contributed by atoms with Gasteiger partial charge >= 0.3 is 6.61 Å². The first-order valence-electron chi connectivity index (χ1n) is 6.65. The van der Waals surface area contributed by atoms with Crippen molar-refractivity contribution in [3.8, 4) is 5.75 Å². The zero-order valence-electron chi connectivity index (χ0n) is 12.2. The fourth-order valence-corrected chi connectivity index (χ4v) is 2.02. The summed E-state index contributed by atoms with van der Waals surface area (Å²) in [5, 5.41) is 3.15. The predicted molar refractivity (Wildman–Crippen MR) is 81.9 cm³/mol. The number of likely N-dealkylation sites (N-methyl/N-ethyl adjacent to an activating group) is 1. The quantitative estimate of drug-likeness (QED) is 0.645. The van der Waals surface area contributed by atoms with Crippen molar-refractivity contribution >= 4 is 15.9 Å². The highest BCUT2D eigenvalue weighted by molar-refractivity contribution is 9.10. The molecule has 0 unspecified atom stereocenters. The number of alkyl halides is 2. The van der Waals surface area contributed by atoms with E-state index in [-0.39, 0.29) is 5.75 Å². The molecule has 1 aromatic carbocycles. The Labute approximate surface area is 132 Å². The van der Waals surface area contributed by atoms with Gasteiger partial charge in [-0.2, -0.15) is 8.78 Å². The van der Waals surface area contributed by atoms with Crippen LogP contribution in [0, 0.1) is 0 Å². The molecule has 0 saturated carbocycles. The van der Waals surface area contributed by atoms with Gasteiger partial charge in [0.1, 0.15) is 5.75 Å². The van der Waals surface area contributed by atoms with Gasteiger partial charge in [-0.3, -0.25) is 0 Å². The van der Waals surface area contributed by atoms with Gasteiger partial charge in [-0.25, -0.2) is 0 Å². The summed E-state index contributed by atoms with van der Waals surface area (Å²) in [6, 6.07) is 4.96. The Morgan fingerprint density at radius 1 is 1.29 bits per heavy atom. The summed E-state index contributed by atoms with van der Waals surface area (Å²) in [7, 11) is 3.97. The Balaban J connectivity index is 2.32. The van der Waals surface area contributed by atoms with Crippen LogP contribution in [0.4, 0.5) is 8.78 Å². The van der Waals surface area contributed by atoms with Crippen LogP contribution in [0.1, 0.15) is 5.56 Å². The van der Waals surface area contributed by atoms with Gasteiger partial charge in [0.05, 0.1) is 13.2 Å². The SMILES string of the molecule is CN(C)CCOCCNCc1cc(Br)ccc1OC(F)F. The van der Waals surface area contributed by atoms with E-state index in [1.807, 2.05) is 19.0 Å². The van der Waals surface area contributed by atoms with Gasteiger partial charge in [0.2, 0.25) is 0 Å². The molecule has 0 aromatic heterocycles. The zero-order valence-corrected chi connectivity index (χ0v) is 13.8. The lowest BCUT2D eigenvalue weighted by atomic mass is 10.2. The van der Waals surface area contributed by atoms with Crippen molar-refractivity contribution in [1.29, 1.82) is 0 Å². The van der Waals surface area contributed by atoms with Crippen molar-refractivity contribution in [3.63, 3.8) is 0 Å². The van der Waals surface area contributed by atoms with Crippen molar-refractivity contribution in [2.45, 2.75) is 13.2 Å². The second kappa shape index (κ2) is 10.0. The molecular weight excluding hydrogens is 346 g/mol. The number of benzene rings is 1. The van der Waals surface area contributed by atoms with Crippen LogP contribution in [-0.2, 0) is 11.3 Å². The molecule has 1 N–H and O–H groups in total. The summed E-state index contributed by atoms with van der Waals surface area (Å²) in [4.78, 5) is 2.04. The van der Waals surface area contributed by atoms with Crippen molar-refractivity contribution in [2.75, 3.05) is 40.4 Å². The Morgan fingerprint density at radius 2 is 2.05 bits per heavy atom. The largest absolute Gasteiger partial charge is 0.434 e. The molecule has 21 heavy (non-hydrogen) atoms. The topological polar surface area (TPSA) is 33.7 Å². The fraction of sp³-hybridized carbons (Fsp3) is 0.571. The summed E-state index contributed by atoms with van der Waals surface area (Å²) in [5.41, 5.74) is 0.679. The van der Waals surface area contributed by atoms with E-state index in [9.17, 15) is 8.78 Å². The molecule has 7 heteroatoms. The molecule has 0 bridgehead atoms. The Bertz CT molecular complexity index is 420. The van der Waals surface area contributed by atoms with E-state index in [0.717, 1.165) is 11.0 Å². The second-order valence-electron chi connectivity index (χ2n) is 4.72. The van der Waals surface area contributed by atoms with Crippen LogP contribution >= 0.6 is 15.9 Å². The minimum absolute atomic E-state index is 0.189. The molecule has 0 amide bonds. The first kappa shape index (κ1) is 18.3. The lowest BCUT2D eigenvalue weighted by Crippen LogP contribution is -2.23. The number of nitrogens with one attached hydrogen (secondary N) is 1. The second-order valence-corrected chi connectivity index (χ2v) is 5.64. The standard InChI is InChI=1S/C14H21BrF2N2O2/c1-19(2)6-8-20-7-5-18-10-11-9-12(15)3-4-13(11)21-14(16)17/h3-4,9,14,18H,5-8,10H2,1-2H3. The Morgan fingerprint density at radius 3 is 2.71 bits per heavy atom. The molecule has 4 nitrogen and oxygen atoms in total. The molecule has 0 fully saturated rings. The number of ether oxygens (including phenoxy) is 2. The van der Waals surface area contributed by atoms with Crippen LogP contribution in [0.25, 0.3) is 0 Å². The zero-order chi connectivity index (χ0) is 15.7. The molecule has 0 aliphatic heterocycles. The molecule has 0 heterocycles.